The summed E-state index contributed by atoms with van der Waals surface area (Å²) in [6, 6.07) is 15.4. The first-order valence-electron chi connectivity index (χ1n) is 23.6. The first-order valence-corrected chi connectivity index (χ1v) is 23.6. The number of benzene rings is 2. The standard InChI is InChI=1S/C51H80N6O9/c1-15-34(6)44(55(11)49(62)42(32(2)3)54-48(61)43(33(4)5)56(12)50(63)66-51(8,9)10)40(64-13)30-41(58)57-28-22-27-39(57)45(65-14)35(7)46(59)53-38(29-36-23-18-16-19-24-36)47(60)52-31-37-25-20-17-21-26-37/h16-21,23-26,32-35,38-40,42-45H,15,22,27-31H2,1-14H3,(H,52,60)(H,53,59)(H,54,61)/t34-,35+,38-,39-,40+,42-,43-,44-,45+/m0/s1. The van der Waals surface area contributed by atoms with Gasteiger partial charge in [-0.05, 0) is 62.5 Å². The zero-order valence-corrected chi connectivity index (χ0v) is 42.1. The SMILES string of the molecule is CC[C@H](C)[C@@H]([C@@H](CC(=O)N1CCC[C@H]1[C@H](OC)[C@@H](C)C(=O)N[C@@H](Cc1ccccc1)C(=O)NCc1ccccc1)OC)N(C)C(=O)[C@@H](NC(=O)[C@H](C(C)C)N(C)C(=O)OC(C)(C)C)C(C)C. The number of methoxy groups -OCH3 is 2. The van der Waals surface area contributed by atoms with Crippen molar-refractivity contribution in [1.82, 2.24) is 30.7 Å². The van der Waals surface area contributed by atoms with E-state index in [0.717, 1.165) is 11.1 Å². The van der Waals surface area contributed by atoms with Crippen molar-refractivity contribution >= 4 is 35.6 Å². The number of carbonyl (C=O) groups is 6. The highest BCUT2D eigenvalue weighted by molar-refractivity contribution is 5.92. The van der Waals surface area contributed by atoms with Crippen LogP contribution in [0.15, 0.2) is 60.7 Å². The number of nitrogens with one attached hydrogen (secondary N) is 3. The van der Waals surface area contributed by atoms with E-state index in [1.54, 1.807) is 44.5 Å². The third-order valence-corrected chi connectivity index (χ3v) is 12.7. The molecule has 0 aliphatic carbocycles. The van der Waals surface area contributed by atoms with Crippen LogP contribution in [0.1, 0.15) is 106 Å². The average molecular weight is 921 g/mol. The van der Waals surface area contributed by atoms with Crippen molar-refractivity contribution < 1.29 is 43.0 Å². The predicted octanol–water partition coefficient (Wildman–Crippen LogP) is 5.98. The van der Waals surface area contributed by atoms with Crippen molar-refractivity contribution in [3.8, 4) is 0 Å². The Kier molecular flexibility index (Phi) is 21.6. The third kappa shape index (κ3) is 15.5. The molecule has 3 rings (SSSR count). The minimum Gasteiger partial charge on any atom is -0.444 e. The highest BCUT2D eigenvalue weighted by Crippen LogP contribution is 2.30. The summed E-state index contributed by atoms with van der Waals surface area (Å²) >= 11 is 0. The molecule has 0 spiro atoms. The molecule has 1 saturated heterocycles. The maximum atomic E-state index is 14.5. The molecule has 368 valence electrons. The van der Waals surface area contributed by atoms with Gasteiger partial charge in [-0.25, -0.2) is 4.79 Å². The Bertz CT molecular complexity index is 1870. The molecule has 1 fully saturated rings. The van der Waals surface area contributed by atoms with E-state index in [1.807, 2.05) is 102 Å². The quantitative estimate of drug-likeness (QED) is 0.121. The first kappa shape index (κ1) is 55.3. The molecule has 0 aromatic heterocycles. The van der Waals surface area contributed by atoms with E-state index in [-0.39, 0.29) is 54.2 Å². The van der Waals surface area contributed by atoms with Crippen molar-refractivity contribution in [3.05, 3.63) is 71.8 Å². The molecular weight excluding hydrogens is 841 g/mol. The molecule has 15 nitrogen and oxygen atoms in total. The van der Waals surface area contributed by atoms with Gasteiger partial charge in [0.05, 0.1) is 36.6 Å². The van der Waals surface area contributed by atoms with Gasteiger partial charge in [0.25, 0.3) is 0 Å². The molecule has 1 aliphatic heterocycles. The molecule has 1 aliphatic rings. The van der Waals surface area contributed by atoms with Gasteiger partial charge in [-0.15, -0.1) is 0 Å². The Balaban J connectivity index is 1.81. The van der Waals surface area contributed by atoms with E-state index >= 15 is 0 Å². The molecule has 6 amide bonds. The van der Waals surface area contributed by atoms with Crippen LogP contribution in [-0.4, -0.2) is 133 Å². The number of likely N-dealkylation sites (N-methyl/N-ethyl adjacent to an activating group) is 2. The Morgan fingerprint density at radius 3 is 1.88 bits per heavy atom. The maximum absolute atomic E-state index is 14.5. The summed E-state index contributed by atoms with van der Waals surface area (Å²) in [5.41, 5.74) is 1.06. The summed E-state index contributed by atoms with van der Waals surface area (Å²) < 4.78 is 17.7. The van der Waals surface area contributed by atoms with E-state index in [1.165, 1.54) is 26.2 Å². The number of likely N-dealkylation sites (tertiary alicyclic amines) is 1. The van der Waals surface area contributed by atoms with Gasteiger partial charge in [0.1, 0.15) is 23.7 Å². The van der Waals surface area contributed by atoms with Crippen LogP contribution >= 0.6 is 0 Å². The minimum atomic E-state index is -0.948. The van der Waals surface area contributed by atoms with E-state index < -0.39 is 65.9 Å². The van der Waals surface area contributed by atoms with Crippen LogP contribution in [0.5, 0.6) is 0 Å². The van der Waals surface area contributed by atoms with Crippen molar-refractivity contribution in [2.45, 2.75) is 156 Å². The molecule has 15 heteroatoms. The smallest absolute Gasteiger partial charge is 0.410 e. The fourth-order valence-corrected chi connectivity index (χ4v) is 8.92. The Morgan fingerprint density at radius 1 is 0.773 bits per heavy atom. The molecule has 2 aromatic carbocycles. The molecule has 3 N–H and O–H groups in total. The molecule has 9 atom stereocenters. The molecule has 66 heavy (non-hydrogen) atoms. The van der Waals surface area contributed by atoms with E-state index in [2.05, 4.69) is 16.0 Å². The normalized spacial score (nSPS) is 17.7. The largest absolute Gasteiger partial charge is 0.444 e. The molecule has 0 saturated carbocycles. The monoisotopic (exact) mass is 921 g/mol. The molecule has 0 bridgehead atoms. The fourth-order valence-electron chi connectivity index (χ4n) is 8.92. The molecule has 0 unspecified atom stereocenters. The van der Waals surface area contributed by atoms with Crippen LogP contribution in [0, 0.1) is 23.7 Å². The third-order valence-electron chi connectivity index (χ3n) is 12.7. The second-order valence-corrected chi connectivity index (χ2v) is 19.6. The Labute approximate surface area is 394 Å². The Hall–Kier alpha value is -5.02. The number of rotatable bonds is 23. The van der Waals surface area contributed by atoms with Gasteiger partial charge >= 0.3 is 6.09 Å². The summed E-state index contributed by atoms with van der Waals surface area (Å²) in [4.78, 5) is 88.4. The van der Waals surface area contributed by atoms with Gasteiger partial charge in [-0.1, -0.05) is 116 Å². The van der Waals surface area contributed by atoms with Crippen molar-refractivity contribution in [2.24, 2.45) is 23.7 Å². The number of hydrogen-bond donors (Lipinski definition) is 3. The summed E-state index contributed by atoms with van der Waals surface area (Å²) in [6.07, 6.45) is 0.160. The van der Waals surface area contributed by atoms with Crippen LogP contribution in [0.3, 0.4) is 0 Å². The van der Waals surface area contributed by atoms with Crippen molar-refractivity contribution in [3.63, 3.8) is 0 Å². The lowest BCUT2D eigenvalue weighted by Crippen LogP contribution is -2.60. The summed E-state index contributed by atoms with van der Waals surface area (Å²) in [7, 11) is 6.25. The number of hydrogen-bond acceptors (Lipinski definition) is 9. The maximum Gasteiger partial charge on any atom is 0.410 e. The zero-order valence-electron chi connectivity index (χ0n) is 42.1. The van der Waals surface area contributed by atoms with Crippen LogP contribution in [-0.2, 0) is 51.1 Å². The average Bonchev–Trinajstić information content (AvgIpc) is 3.76. The Morgan fingerprint density at radius 2 is 1.36 bits per heavy atom. The highest BCUT2D eigenvalue weighted by atomic mass is 16.6. The zero-order chi connectivity index (χ0) is 49.5. The minimum absolute atomic E-state index is 0.0494. The van der Waals surface area contributed by atoms with E-state index in [9.17, 15) is 28.8 Å². The first-order chi connectivity index (χ1) is 31.1. The van der Waals surface area contributed by atoms with Gasteiger partial charge in [0.15, 0.2) is 0 Å². The fraction of sp³-hybridized carbons (Fsp3) is 0.647. The topological polar surface area (TPSA) is 176 Å². The van der Waals surface area contributed by atoms with Gasteiger partial charge in [-0.3, -0.25) is 28.9 Å². The lowest BCUT2D eigenvalue weighted by molar-refractivity contribution is -0.148. The van der Waals surface area contributed by atoms with Gasteiger partial charge in [0, 0.05) is 47.8 Å². The lowest BCUT2D eigenvalue weighted by Gasteiger charge is -2.41. The molecular formula is C51H80N6O9. The molecule has 0 radical (unpaired) electrons. The van der Waals surface area contributed by atoms with E-state index in [4.69, 9.17) is 14.2 Å². The van der Waals surface area contributed by atoms with Crippen LogP contribution < -0.4 is 16.0 Å². The van der Waals surface area contributed by atoms with Gasteiger partial charge in [-0.2, -0.15) is 0 Å². The second-order valence-electron chi connectivity index (χ2n) is 19.6. The van der Waals surface area contributed by atoms with Gasteiger partial charge in [0.2, 0.25) is 29.5 Å². The van der Waals surface area contributed by atoms with Crippen molar-refractivity contribution in [1.29, 1.82) is 0 Å². The van der Waals surface area contributed by atoms with E-state index in [0.29, 0.717) is 32.4 Å². The number of amides is 6. The summed E-state index contributed by atoms with van der Waals surface area (Å²) in [5.74, 6) is -3.17. The van der Waals surface area contributed by atoms with Gasteiger partial charge < -0.3 is 40.0 Å². The highest BCUT2D eigenvalue weighted by Gasteiger charge is 2.44. The molecule has 1 heterocycles. The lowest BCUT2D eigenvalue weighted by atomic mass is 9.89. The molecule has 2 aromatic rings. The van der Waals surface area contributed by atoms with Crippen LogP contribution in [0.25, 0.3) is 0 Å². The van der Waals surface area contributed by atoms with Crippen LogP contribution in [0.2, 0.25) is 0 Å². The summed E-state index contributed by atoms with van der Waals surface area (Å²) in [5, 5.41) is 8.93. The summed E-state index contributed by atoms with van der Waals surface area (Å²) in [6.45, 7) is 19.1. The number of carbonyl (C=O) groups excluding carboxylic acids is 6. The second kappa shape index (κ2) is 25.8. The van der Waals surface area contributed by atoms with Crippen molar-refractivity contribution in [2.75, 3.05) is 34.9 Å². The number of ether oxygens (including phenoxy) is 3. The predicted molar refractivity (Wildman–Crippen MR) is 256 cm³/mol. The number of nitrogens with zero attached hydrogens (tertiary/aromatic N) is 3. The van der Waals surface area contributed by atoms with Crippen LogP contribution in [0.4, 0.5) is 4.79 Å².